The van der Waals surface area contributed by atoms with Crippen LogP contribution in [0.5, 0.6) is 0 Å². The van der Waals surface area contributed by atoms with Crippen LogP contribution in [0.15, 0.2) is 18.5 Å². The summed E-state index contributed by atoms with van der Waals surface area (Å²) in [6.07, 6.45) is 2.49. The number of carbonyl (C=O) groups excluding carboxylic acids is 2. The maximum Gasteiger partial charge on any atom is 0.224 e. The van der Waals surface area contributed by atoms with E-state index >= 15 is 0 Å². The Morgan fingerprint density at radius 1 is 1.31 bits per heavy atom. The number of nitrogens with zero attached hydrogens (tertiary/aromatic N) is 4. The number of anilines is 1. The molecule has 1 atom stereocenters. The monoisotopic (exact) mass is 357 g/mol. The molecule has 9 heteroatoms. The lowest BCUT2D eigenvalue weighted by Crippen LogP contribution is -2.43. The number of rotatable bonds is 6. The van der Waals surface area contributed by atoms with Crippen molar-refractivity contribution in [2.24, 2.45) is 5.92 Å². The molecule has 0 unspecified atom stereocenters. The van der Waals surface area contributed by atoms with Gasteiger partial charge in [-0.2, -0.15) is 5.10 Å². The summed E-state index contributed by atoms with van der Waals surface area (Å²) in [5, 5.41) is 13.2. The highest BCUT2D eigenvalue weighted by Gasteiger charge is 2.23. The van der Waals surface area contributed by atoms with Gasteiger partial charge in [0.05, 0.1) is 11.6 Å². The third kappa shape index (κ3) is 4.35. The molecule has 0 saturated carbocycles. The van der Waals surface area contributed by atoms with E-state index in [9.17, 15) is 9.59 Å². The van der Waals surface area contributed by atoms with Gasteiger partial charge < -0.3 is 16.0 Å². The van der Waals surface area contributed by atoms with Crippen molar-refractivity contribution < 1.29 is 9.59 Å². The van der Waals surface area contributed by atoms with Gasteiger partial charge in [0.1, 0.15) is 12.1 Å². The molecule has 9 nitrogen and oxygen atoms in total. The Morgan fingerprint density at radius 3 is 2.85 bits per heavy atom. The highest BCUT2D eigenvalue weighted by molar-refractivity contribution is 5.83. The van der Waals surface area contributed by atoms with Crippen molar-refractivity contribution in [2.45, 2.75) is 26.7 Å². The SMILES string of the molecule is Cc1cc(C)n(-c2cc(NCCNC(=O)[C@H]3CCC(=O)NC3)ncn2)n1. The third-order valence-corrected chi connectivity index (χ3v) is 4.25. The summed E-state index contributed by atoms with van der Waals surface area (Å²) in [4.78, 5) is 31.6. The van der Waals surface area contributed by atoms with Gasteiger partial charge in [0.15, 0.2) is 5.82 Å². The summed E-state index contributed by atoms with van der Waals surface area (Å²) in [6, 6.07) is 3.80. The Kier molecular flexibility index (Phi) is 5.45. The molecule has 3 heterocycles. The van der Waals surface area contributed by atoms with Gasteiger partial charge >= 0.3 is 0 Å². The lowest BCUT2D eigenvalue weighted by atomic mass is 9.98. The van der Waals surface area contributed by atoms with Crippen molar-refractivity contribution in [1.29, 1.82) is 0 Å². The minimum atomic E-state index is -0.149. The Balaban J connectivity index is 1.48. The van der Waals surface area contributed by atoms with E-state index in [1.165, 1.54) is 6.33 Å². The van der Waals surface area contributed by atoms with Gasteiger partial charge in [-0.05, 0) is 26.3 Å². The van der Waals surface area contributed by atoms with Gasteiger partial charge in [-0.3, -0.25) is 9.59 Å². The van der Waals surface area contributed by atoms with Gasteiger partial charge in [0, 0.05) is 37.8 Å². The molecule has 0 aliphatic carbocycles. The van der Waals surface area contributed by atoms with E-state index in [0.717, 1.165) is 11.4 Å². The summed E-state index contributed by atoms with van der Waals surface area (Å²) in [6.45, 7) is 5.33. The van der Waals surface area contributed by atoms with Crippen molar-refractivity contribution >= 4 is 17.6 Å². The summed E-state index contributed by atoms with van der Waals surface area (Å²) in [7, 11) is 0. The lowest BCUT2D eigenvalue weighted by molar-refractivity contribution is -0.128. The van der Waals surface area contributed by atoms with E-state index in [1.54, 1.807) is 4.68 Å². The topological polar surface area (TPSA) is 114 Å². The van der Waals surface area contributed by atoms with E-state index in [2.05, 4.69) is 31.0 Å². The molecule has 2 aromatic rings. The third-order valence-electron chi connectivity index (χ3n) is 4.25. The summed E-state index contributed by atoms with van der Waals surface area (Å²) >= 11 is 0. The first-order valence-corrected chi connectivity index (χ1v) is 8.67. The minimum Gasteiger partial charge on any atom is -0.368 e. The fourth-order valence-corrected chi connectivity index (χ4v) is 2.90. The molecule has 2 amide bonds. The predicted molar refractivity (Wildman–Crippen MR) is 95.9 cm³/mol. The quantitative estimate of drug-likeness (QED) is 0.642. The zero-order valence-corrected chi connectivity index (χ0v) is 15.0. The van der Waals surface area contributed by atoms with Crippen LogP contribution in [0.2, 0.25) is 0 Å². The largest absolute Gasteiger partial charge is 0.368 e. The second-order valence-corrected chi connectivity index (χ2v) is 6.36. The first kappa shape index (κ1) is 17.8. The number of aromatic nitrogens is 4. The maximum atomic E-state index is 12.1. The molecule has 0 radical (unpaired) electrons. The molecule has 1 aliphatic heterocycles. The van der Waals surface area contributed by atoms with Crippen LogP contribution in [0.4, 0.5) is 5.82 Å². The van der Waals surface area contributed by atoms with Crippen molar-refractivity contribution in [3.05, 3.63) is 29.8 Å². The van der Waals surface area contributed by atoms with Gasteiger partial charge in [-0.25, -0.2) is 14.6 Å². The summed E-state index contributed by atoms with van der Waals surface area (Å²) < 4.78 is 1.77. The Labute approximate surface area is 151 Å². The first-order valence-electron chi connectivity index (χ1n) is 8.67. The van der Waals surface area contributed by atoms with Gasteiger partial charge in [-0.15, -0.1) is 0 Å². The van der Waals surface area contributed by atoms with E-state index < -0.39 is 0 Å². The van der Waals surface area contributed by atoms with Gasteiger partial charge in [0.2, 0.25) is 11.8 Å². The van der Waals surface area contributed by atoms with Crippen LogP contribution in [0.3, 0.4) is 0 Å². The van der Waals surface area contributed by atoms with Crippen LogP contribution in [-0.4, -0.2) is 51.2 Å². The average molecular weight is 357 g/mol. The van der Waals surface area contributed by atoms with Crippen LogP contribution >= 0.6 is 0 Å². The molecule has 1 aliphatic rings. The highest BCUT2D eigenvalue weighted by Crippen LogP contribution is 2.12. The molecular formula is C17H23N7O2. The van der Waals surface area contributed by atoms with Crippen molar-refractivity contribution in [3.8, 4) is 5.82 Å². The summed E-state index contributed by atoms with van der Waals surface area (Å²) in [5.74, 6) is 1.19. The molecule has 0 spiro atoms. The van der Waals surface area contributed by atoms with Crippen LogP contribution in [-0.2, 0) is 9.59 Å². The molecular weight excluding hydrogens is 334 g/mol. The smallest absolute Gasteiger partial charge is 0.224 e. The second-order valence-electron chi connectivity index (χ2n) is 6.36. The number of piperidine rings is 1. The standard InChI is InChI=1S/C17H23N7O2/c1-11-7-12(2)24(23-11)15-8-14(21-10-22-15)18-5-6-19-17(26)13-3-4-16(25)20-9-13/h7-8,10,13H,3-6,9H2,1-2H3,(H,19,26)(H,20,25)(H,18,21,22)/t13-/m0/s1. The number of nitrogens with one attached hydrogen (secondary N) is 3. The van der Waals surface area contributed by atoms with Crippen LogP contribution in [0, 0.1) is 19.8 Å². The van der Waals surface area contributed by atoms with Gasteiger partial charge in [0.25, 0.3) is 0 Å². The number of aryl methyl sites for hydroxylation is 2. The number of hydrogen-bond donors (Lipinski definition) is 3. The van der Waals surface area contributed by atoms with E-state index in [-0.39, 0.29) is 17.7 Å². The fourth-order valence-electron chi connectivity index (χ4n) is 2.90. The zero-order valence-electron chi connectivity index (χ0n) is 15.0. The lowest BCUT2D eigenvalue weighted by Gasteiger charge is -2.21. The minimum absolute atomic E-state index is 0.0119. The zero-order chi connectivity index (χ0) is 18.5. The highest BCUT2D eigenvalue weighted by atomic mass is 16.2. The normalized spacial score (nSPS) is 16.8. The average Bonchev–Trinajstić information content (AvgIpc) is 2.98. The van der Waals surface area contributed by atoms with E-state index in [4.69, 9.17) is 0 Å². The number of amides is 2. The molecule has 2 aromatic heterocycles. The molecule has 3 rings (SSSR count). The molecule has 138 valence electrons. The van der Waals surface area contributed by atoms with Gasteiger partial charge in [-0.1, -0.05) is 0 Å². The molecule has 3 N–H and O–H groups in total. The summed E-state index contributed by atoms with van der Waals surface area (Å²) in [5.41, 5.74) is 1.93. The van der Waals surface area contributed by atoms with Crippen molar-refractivity contribution in [3.63, 3.8) is 0 Å². The van der Waals surface area contributed by atoms with Crippen LogP contribution in [0.25, 0.3) is 5.82 Å². The molecule has 1 saturated heterocycles. The predicted octanol–water partition coefficient (Wildman–Crippen LogP) is 0.333. The van der Waals surface area contributed by atoms with Crippen molar-refractivity contribution in [2.75, 3.05) is 25.0 Å². The van der Waals surface area contributed by atoms with Crippen LogP contribution < -0.4 is 16.0 Å². The van der Waals surface area contributed by atoms with Crippen LogP contribution in [0.1, 0.15) is 24.2 Å². The fraction of sp³-hybridized carbons (Fsp3) is 0.471. The van der Waals surface area contributed by atoms with Crippen molar-refractivity contribution in [1.82, 2.24) is 30.4 Å². The van der Waals surface area contributed by atoms with E-state index in [0.29, 0.717) is 44.1 Å². The Morgan fingerprint density at radius 2 is 2.15 bits per heavy atom. The molecule has 0 bridgehead atoms. The Hall–Kier alpha value is -2.97. The second kappa shape index (κ2) is 7.94. The first-order chi connectivity index (χ1) is 12.5. The number of carbonyl (C=O) groups is 2. The maximum absolute atomic E-state index is 12.1. The molecule has 0 aromatic carbocycles. The molecule has 26 heavy (non-hydrogen) atoms. The number of hydrogen-bond acceptors (Lipinski definition) is 6. The molecule has 1 fully saturated rings. The Bertz CT molecular complexity index is 792. The van der Waals surface area contributed by atoms with E-state index in [1.807, 2.05) is 26.0 Å².